The molecule has 1 aromatic carbocycles. The van der Waals surface area contributed by atoms with Crippen LogP contribution in [-0.4, -0.2) is 0 Å². The minimum Gasteiger partial charge on any atom is -0.447 e. The third-order valence-electron chi connectivity index (χ3n) is 1.84. The molecule has 0 saturated carbocycles. The van der Waals surface area contributed by atoms with E-state index in [1.165, 1.54) is 0 Å². The molecule has 1 heterocycles. The molecule has 0 fully saturated rings. The second kappa shape index (κ2) is 4.03. The van der Waals surface area contributed by atoms with E-state index in [-0.39, 0.29) is 0 Å². The van der Waals surface area contributed by atoms with E-state index in [1.807, 2.05) is 42.6 Å². The van der Waals surface area contributed by atoms with Crippen LogP contribution in [0, 0.1) is 6.92 Å². The number of hydrogen-bond acceptors (Lipinski definition) is 2. The smallest absolute Gasteiger partial charge is 0.180 e. The summed E-state index contributed by atoms with van der Waals surface area (Å²) in [7, 11) is 0. The van der Waals surface area contributed by atoms with Crippen LogP contribution in [0.2, 0.25) is 5.02 Å². The van der Waals surface area contributed by atoms with E-state index in [4.69, 9.17) is 16.3 Å². The number of hydrogen-bond donors (Lipinski definition) is 0. The van der Waals surface area contributed by atoms with Crippen LogP contribution >= 0.6 is 22.9 Å². The topological polar surface area (TPSA) is 9.23 Å². The van der Waals surface area contributed by atoms with Crippen molar-refractivity contribution in [3.8, 4) is 10.8 Å². The van der Waals surface area contributed by atoms with Gasteiger partial charge in [-0.15, -0.1) is 11.3 Å². The van der Waals surface area contributed by atoms with Gasteiger partial charge in [-0.05, 0) is 48.2 Å². The van der Waals surface area contributed by atoms with Gasteiger partial charge in [0.1, 0.15) is 5.75 Å². The molecule has 3 heteroatoms. The summed E-state index contributed by atoms with van der Waals surface area (Å²) < 4.78 is 5.61. The summed E-state index contributed by atoms with van der Waals surface area (Å²) in [6, 6.07) is 9.55. The van der Waals surface area contributed by atoms with Gasteiger partial charge >= 0.3 is 0 Å². The maximum atomic E-state index is 5.91. The van der Waals surface area contributed by atoms with Crippen molar-refractivity contribution in [2.75, 3.05) is 0 Å². The lowest BCUT2D eigenvalue weighted by atomic mass is 10.2. The zero-order valence-corrected chi connectivity index (χ0v) is 9.23. The lowest BCUT2D eigenvalue weighted by Crippen LogP contribution is -1.82. The van der Waals surface area contributed by atoms with E-state index in [1.54, 1.807) is 11.3 Å². The molecule has 0 amide bonds. The molecule has 0 atom stereocenters. The Balaban J connectivity index is 2.22. The summed E-state index contributed by atoms with van der Waals surface area (Å²) in [5, 5.41) is 3.65. The van der Waals surface area contributed by atoms with Crippen LogP contribution < -0.4 is 4.74 Å². The first-order chi connectivity index (χ1) is 6.75. The summed E-state index contributed by atoms with van der Waals surface area (Å²) in [6.45, 7) is 1.96. The highest BCUT2D eigenvalue weighted by Gasteiger charge is 2.00. The van der Waals surface area contributed by atoms with Crippen molar-refractivity contribution in [3.63, 3.8) is 0 Å². The average Bonchev–Trinajstić information content (AvgIpc) is 2.64. The summed E-state index contributed by atoms with van der Waals surface area (Å²) in [5.74, 6) is 0.828. The predicted octanol–water partition coefficient (Wildman–Crippen LogP) is 4.50. The Labute approximate surface area is 91.9 Å². The number of aryl methyl sites for hydroxylation is 1. The fourth-order valence-corrected chi connectivity index (χ4v) is 1.83. The zero-order chi connectivity index (χ0) is 9.97. The van der Waals surface area contributed by atoms with E-state index in [9.17, 15) is 0 Å². The largest absolute Gasteiger partial charge is 0.447 e. The normalized spacial score (nSPS) is 10.1. The van der Waals surface area contributed by atoms with Gasteiger partial charge in [-0.3, -0.25) is 0 Å². The maximum absolute atomic E-state index is 5.91. The molecule has 0 bridgehead atoms. The van der Waals surface area contributed by atoms with Gasteiger partial charge in [0.05, 0.1) is 0 Å². The molecule has 0 spiro atoms. The standard InChI is InChI=1S/C11H9ClOS/c1-8-7-9(4-5-10(8)12)13-11-3-2-6-14-11/h2-7H,1H3. The predicted molar refractivity (Wildman–Crippen MR) is 60.6 cm³/mol. The van der Waals surface area contributed by atoms with Crippen LogP contribution in [0.1, 0.15) is 5.56 Å². The highest BCUT2D eigenvalue weighted by Crippen LogP contribution is 2.28. The molecular weight excluding hydrogens is 216 g/mol. The molecule has 0 saturated heterocycles. The zero-order valence-electron chi connectivity index (χ0n) is 7.66. The van der Waals surface area contributed by atoms with Crippen molar-refractivity contribution >= 4 is 22.9 Å². The quantitative estimate of drug-likeness (QED) is 0.730. The van der Waals surface area contributed by atoms with Gasteiger partial charge in [-0.25, -0.2) is 0 Å². The Bertz CT molecular complexity index is 423. The second-order valence-electron chi connectivity index (χ2n) is 2.95. The van der Waals surface area contributed by atoms with E-state index >= 15 is 0 Å². The van der Waals surface area contributed by atoms with Gasteiger partial charge in [0.15, 0.2) is 5.06 Å². The fraction of sp³-hybridized carbons (Fsp3) is 0.0909. The lowest BCUT2D eigenvalue weighted by molar-refractivity contribution is 0.496. The van der Waals surface area contributed by atoms with Crippen LogP contribution in [0.15, 0.2) is 35.7 Å². The Morgan fingerprint density at radius 1 is 1.29 bits per heavy atom. The first kappa shape index (κ1) is 9.56. The van der Waals surface area contributed by atoms with E-state index < -0.39 is 0 Å². The van der Waals surface area contributed by atoms with E-state index in [0.717, 1.165) is 21.4 Å². The molecule has 72 valence electrons. The van der Waals surface area contributed by atoms with Crippen LogP contribution in [0.25, 0.3) is 0 Å². The van der Waals surface area contributed by atoms with Gasteiger partial charge < -0.3 is 4.74 Å². The summed E-state index contributed by atoms with van der Waals surface area (Å²) >= 11 is 7.48. The Morgan fingerprint density at radius 2 is 2.14 bits per heavy atom. The Morgan fingerprint density at radius 3 is 2.79 bits per heavy atom. The van der Waals surface area contributed by atoms with Crippen molar-refractivity contribution < 1.29 is 4.74 Å². The number of halogens is 1. The van der Waals surface area contributed by atoms with Crippen LogP contribution in [0.4, 0.5) is 0 Å². The number of ether oxygens (including phenoxy) is 1. The van der Waals surface area contributed by atoms with Gasteiger partial charge in [0.25, 0.3) is 0 Å². The van der Waals surface area contributed by atoms with Crippen LogP contribution in [0.5, 0.6) is 10.8 Å². The van der Waals surface area contributed by atoms with Crippen molar-refractivity contribution in [1.29, 1.82) is 0 Å². The molecular formula is C11H9ClOS. The van der Waals surface area contributed by atoms with Crippen molar-refractivity contribution in [1.82, 2.24) is 0 Å². The molecule has 0 radical (unpaired) electrons. The Hall–Kier alpha value is -0.990. The first-order valence-electron chi connectivity index (χ1n) is 4.23. The Kier molecular flexibility index (Phi) is 2.75. The molecule has 0 aliphatic carbocycles. The monoisotopic (exact) mass is 224 g/mol. The van der Waals surface area contributed by atoms with Crippen LogP contribution in [0.3, 0.4) is 0 Å². The third-order valence-corrected chi connectivity index (χ3v) is 3.01. The van der Waals surface area contributed by atoms with E-state index in [2.05, 4.69) is 0 Å². The third kappa shape index (κ3) is 2.08. The number of rotatable bonds is 2. The minimum absolute atomic E-state index is 0.767. The highest BCUT2D eigenvalue weighted by molar-refractivity contribution is 7.11. The van der Waals surface area contributed by atoms with Gasteiger partial charge in [0, 0.05) is 5.02 Å². The molecule has 2 aromatic rings. The van der Waals surface area contributed by atoms with Crippen LogP contribution in [-0.2, 0) is 0 Å². The maximum Gasteiger partial charge on any atom is 0.180 e. The lowest BCUT2D eigenvalue weighted by Gasteiger charge is -2.04. The highest BCUT2D eigenvalue weighted by atomic mass is 35.5. The van der Waals surface area contributed by atoms with Crippen molar-refractivity contribution in [3.05, 3.63) is 46.3 Å². The van der Waals surface area contributed by atoms with Crippen molar-refractivity contribution in [2.24, 2.45) is 0 Å². The molecule has 14 heavy (non-hydrogen) atoms. The molecule has 1 aromatic heterocycles. The van der Waals surface area contributed by atoms with E-state index in [0.29, 0.717) is 0 Å². The molecule has 0 N–H and O–H groups in total. The first-order valence-corrected chi connectivity index (χ1v) is 5.49. The number of benzene rings is 1. The SMILES string of the molecule is Cc1cc(Oc2cccs2)ccc1Cl. The molecule has 0 aliphatic heterocycles. The molecule has 2 rings (SSSR count). The van der Waals surface area contributed by atoms with Gasteiger partial charge in [-0.1, -0.05) is 11.6 Å². The molecule has 0 aliphatic rings. The van der Waals surface area contributed by atoms with Gasteiger partial charge in [0.2, 0.25) is 0 Å². The number of thiophene rings is 1. The summed E-state index contributed by atoms with van der Waals surface area (Å²) in [4.78, 5) is 0. The van der Waals surface area contributed by atoms with Gasteiger partial charge in [-0.2, -0.15) is 0 Å². The molecule has 1 nitrogen and oxygen atoms in total. The summed E-state index contributed by atoms with van der Waals surface area (Å²) in [6.07, 6.45) is 0. The van der Waals surface area contributed by atoms with Crippen molar-refractivity contribution in [2.45, 2.75) is 6.92 Å². The second-order valence-corrected chi connectivity index (χ2v) is 4.26. The fourth-order valence-electron chi connectivity index (χ4n) is 1.12. The summed E-state index contributed by atoms with van der Waals surface area (Å²) in [5.41, 5.74) is 1.03. The average molecular weight is 225 g/mol. The molecule has 0 unspecified atom stereocenters. The minimum atomic E-state index is 0.767.